The zero-order chi connectivity index (χ0) is 28.4. The summed E-state index contributed by atoms with van der Waals surface area (Å²) < 4.78 is 2.39. The number of rotatable bonds is 3. The quantitative estimate of drug-likeness (QED) is 0.243. The Morgan fingerprint density at radius 1 is 0.810 bits per heavy atom. The molecule has 4 aromatic carbocycles. The minimum absolute atomic E-state index is 0.0303. The van der Waals surface area contributed by atoms with Gasteiger partial charge in [0.1, 0.15) is 0 Å². The second kappa shape index (κ2) is 9.19. The second-order valence-corrected chi connectivity index (χ2v) is 11.9. The minimum atomic E-state index is -0.0303. The third kappa shape index (κ3) is 3.63. The molecule has 0 amide bonds. The molecule has 0 bridgehead atoms. The van der Waals surface area contributed by atoms with E-state index < -0.39 is 0 Å². The molecule has 2 aliphatic carbocycles. The van der Waals surface area contributed by atoms with Crippen LogP contribution in [-0.4, -0.2) is 9.55 Å². The number of nitrogens with two attached hydrogens (primary N) is 1. The smallest absolute Gasteiger partial charge is 0.0547 e. The van der Waals surface area contributed by atoms with E-state index in [9.17, 15) is 0 Å². The van der Waals surface area contributed by atoms with Gasteiger partial charge in [-0.05, 0) is 75.4 Å². The highest BCUT2D eigenvalue weighted by atomic mass is 15.0. The van der Waals surface area contributed by atoms with Gasteiger partial charge in [-0.15, -0.1) is 0 Å². The molecule has 3 nitrogen and oxygen atoms in total. The number of benzene rings is 4. The molecule has 0 saturated heterocycles. The van der Waals surface area contributed by atoms with Crippen LogP contribution < -0.4 is 5.73 Å². The highest BCUT2D eigenvalue weighted by molar-refractivity contribution is 6.17. The van der Waals surface area contributed by atoms with Crippen molar-refractivity contribution >= 4 is 33.6 Å². The first-order valence-electron chi connectivity index (χ1n) is 14.6. The number of para-hydroxylation sites is 1. The van der Waals surface area contributed by atoms with Crippen LogP contribution >= 0.6 is 0 Å². The molecular weight excluding hydrogens is 510 g/mol. The van der Waals surface area contributed by atoms with Gasteiger partial charge in [0.2, 0.25) is 0 Å². The molecule has 8 rings (SSSR count). The van der Waals surface area contributed by atoms with E-state index in [2.05, 4.69) is 133 Å². The maximum absolute atomic E-state index is 6.56. The van der Waals surface area contributed by atoms with Gasteiger partial charge >= 0.3 is 0 Å². The molecule has 0 fully saturated rings. The summed E-state index contributed by atoms with van der Waals surface area (Å²) in [5, 5.41) is 2.61. The molecule has 202 valence electrons. The molecule has 2 heterocycles. The molecule has 6 aromatic rings. The highest BCUT2D eigenvalue weighted by Crippen LogP contribution is 2.53. The monoisotopic (exact) mass is 541 g/mol. The molecule has 2 aliphatic rings. The minimum Gasteiger partial charge on any atom is -0.398 e. The van der Waals surface area contributed by atoms with Crippen molar-refractivity contribution in [3.05, 3.63) is 155 Å². The van der Waals surface area contributed by atoms with E-state index in [1.54, 1.807) is 0 Å². The van der Waals surface area contributed by atoms with Crippen molar-refractivity contribution in [2.75, 3.05) is 0 Å². The zero-order valence-corrected chi connectivity index (χ0v) is 23.8. The van der Waals surface area contributed by atoms with Gasteiger partial charge in [-0.1, -0.05) is 98.8 Å². The summed E-state index contributed by atoms with van der Waals surface area (Å²) in [4.78, 5) is 4.52. The molecular formula is C39H31N3. The van der Waals surface area contributed by atoms with Gasteiger partial charge in [0, 0.05) is 40.2 Å². The van der Waals surface area contributed by atoms with E-state index in [4.69, 9.17) is 5.73 Å². The van der Waals surface area contributed by atoms with Gasteiger partial charge in [-0.25, -0.2) is 0 Å². The Labute approximate surface area is 246 Å². The molecule has 2 aromatic heterocycles. The SMILES string of the molecule is CC1(C)c2ccccc2-c2c1ccc1c2c2ccccc2n1-c1ccc(/C(N)=C/C=C2/C=Cc3cccnc3C2)cc1. The normalized spacial score (nSPS) is 16.1. The predicted octanol–water partition coefficient (Wildman–Crippen LogP) is 8.98. The van der Waals surface area contributed by atoms with Crippen LogP contribution in [0.15, 0.2) is 127 Å². The van der Waals surface area contributed by atoms with Gasteiger partial charge in [0.05, 0.1) is 16.7 Å². The first-order chi connectivity index (χ1) is 20.5. The van der Waals surface area contributed by atoms with Crippen LogP contribution in [0.3, 0.4) is 0 Å². The molecule has 0 radical (unpaired) electrons. The van der Waals surface area contributed by atoms with Gasteiger partial charge in [0.25, 0.3) is 0 Å². The van der Waals surface area contributed by atoms with Gasteiger partial charge in [-0.3, -0.25) is 4.98 Å². The second-order valence-electron chi connectivity index (χ2n) is 11.9. The number of pyridine rings is 1. The van der Waals surface area contributed by atoms with E-state index in [1.807, 2.05) is 18.3 Å². The van der Waals surface area contributed by atoms with E-state index in [0.717, 1.165) is 29.1 Å². The summed E-state index contributed by atoms with van der Waals surface area (Å²) >= 11 is 0. The van der Waals surface area contributed by atoms with E-state index in [0.29, 0.717) is 0 Å². The number of hydrogen-bond donors (Lipinski definition) is 1. The maximum atomic E-state index is 6.56. The Bertz CT molecular complexity index is 2140. The standard InChI is InChI=1S/C39H31N3/c1-39(2)31-11-5-3-9-29(31)37-32(39)20-22-36-38(37)30-10-4-6-12-35(30)42(36)28-18-16-26(17-19-28)33(40)21-14-25-13-15-27-8-7-23-41-34(27)24-25/h3-23H,24,40H2,1-2H3/b25-14-,33-21-. The lowest BCUT2D eigenvalue weighted by atomic mass is 9.82. The molecule has 0 unspecified atom stereocenters. The summed E-state index contributed by atoms with van der Waals surface area (Å²) in [5.74, 6) is 0. The highest BCUT2D eigenvalue weighted by Gasteiger charge is 2.37. The average molecular weight is 542 g/mol. The molecule has 0 atom stereocenters. The topological polar surface area (TPSA) is 43.8 Å². The van der Waals surface area contributed by atoms with Gasteiger partial charge in [-0.2, -0.15) is 0 Å². The molecule has 0 spiro atoms. The van der Waals surface area contributed by atoms with Crippen LogP contribution in [0, 0.1) is 0 Å². The van der Waals surface area contributed by atoms with E-state index in [-0.39, 0.29) is 5.41 Å². The molecule has 42 heavy (non-hydrogen) atoms. The molecule has 0 aliphatic heterocycles. The van der Waals surface area contributed by atoms with Gasteiger partial charge in [0.15, 0.2) is 0 Å². The van der Waals surface area contributed by atoms with Crippen LogP contribution in [0.25, 0.3) is 50.4 Å². The Hall–Kier alpha value is -5.15. The third-order valence-electron chi connectivity index (χ3n) is 9.09. The predicted molar refractivity (Wildman–Crippen MR) is 176 cm³/mol. The van der Waals surface area contributed by atoms with Crippen LogP contribution in [0.1, 0.15) is 41.8 Å². The summed E-state index contributed by atoms with van der Waals surface area (Å²) in [6.07, 6.45) is 11.0. The number of fused-ring (bicyclic) bond motifs is 8. The van der Waals surface area contributed by atoms with Crippen LogP contribution in [0.4, 0.5) is 0 Å². The van der Waals surface area contributed by atoms with Crippen LogP contribution in [0.5, 0.6) is 0 Å². The lowest BCUT2D eigenvalue weighted by Crippen LogP contribution is -2.14. The Morgan fingerprint density at radius 3 is 2.50 bits per heavy atom. The fourth-order valence-corrected chi connectivity index (χ4v) is 6.94. The fourth-order valence-electron chi connectivity index (χ4n) is 6.94. The van der Waals surface area contributed by atoms with Crippen LogP contribution in [0.2, 0.25) is 0 Å². The van der Waals surface area contributed by atoms with Gasteiger partial charge < -0.3 is 10.3 Å². The number of nitrogens with zero attached hydrogens (tertiary/aromatic N) is 2. The summed E-state index contributed by atoms with van der Waals surface area (Å²) in [7, 11) is 0. The first kappa shape index (κ1) is 24.6. The van der Waals surface area contributed by atoms with Crippen molar-refractivity contribution in [2.45, 2.75) is 25.7 Å². The van der Waals surface area contributed by atoms with Crippen molar-refractivity contribution in [1.29, 1.82) is 0 Å². The molecule has 2 N–H and O–H groups in total. The van der Waals surface area contributed by atoms with E-state index in [1.165, 1.54) is 55.2 Å². The summed E-state index contributed by atoms with van der Waals surface area (Å²) in [5.41, 5.74) is 20.8. The fraction of sp³-hybridized carbons (Fsp3) is 0.103. The lowest BCUT2D eigenvalue weighted by Gasteiger charge is -2.21. The van der Waals surface area contributed by atoms with Crippen molar-refractivity contribution < 1.29 is 0 Å². The third-order valence-corrected chi connectivity index (χ3v) is 9.09. The number of allylic oxidation sites excluding steroid dienone is 4. The van der Waals surface area contributed by atoms with Crippen molar-refractivity contribution in [2.24, 2.45) is 5.73 Å². The Balaban J connectivity index is 1.21. The largest absolute Gasteiger partial charge is 0.398 e. The molecule has 3 heteroatoms. The van der Waals surface area contributed by atoms with Crippen molar-refractivity contribution in [3.63, 3.8) is 0 Å². The molecule has 0 saturated carbocycles. The Kier molecular flexibility index (Phi) is 5.39. The number of aromatic nitrogens is 2. The average Bonchev–Trinajstić information content (AvgIpc) is 3.49. The summed E-state index contributed by atoms with van der Waals surface area (Å²) in [6.45, 7) is 4.69. The summed E-state index contributed by atoms with van der Waals surface area (Å²) in [6, 6.07) is 35.0. The van der Waals surface area contributed by atoms with Crippen molar-refractivity contribution in [1.82, 2.24) is 9.55 Å². The Morgan fingerprint density at radius 2 is 1.62 bits per heavy atom. The van der Waals surface area contributed by atoms with E-state index >= 15 is 0 Å². The van der Waals surface area contributed by atoms with Crippen molar-refractivity contribution in [3.8, 4) is 16.8 Å². The number of hydrogen-bond acceptors (Lipinski definition) is 2. The lowest BCUT2D eigenvalue weighted by molar-refractivity contribution is 0.661. The zero-order valence-electron chi connectivity index (χ0n) is 23.8. The maximum Gasteiger partial charge on any atom is 0.0547 e. The van der Waals surface area contributed by atoms with Crippen LogP contribution in [-0.2, 0) is 11.8 Å². The first-order valence-corrected chi connectivity index (χ1v) is 14.6.